The number of aryl methyl sites for hydroxylation is 1. The van der Waals surface area contributed by atoms with Crippen LogP contribution >= 0.6 is 0 Å². The Balaban J connectivity index is 1.79. The molecule has 0 saturated heterocycles. The number of carbonyl (C=O) groups excluding carboxylic acids is 1. The zero-order valence-electron chi connectivity index (χ0n) is 14.5. The van der Waals surface area contributed by atoms with Crippen LogP contribution in [0.2, 0.25) is 0 Å². The van der Waals surface area contributed by atoms with Crippen LogP contribution in [0.15, 0.2) is 48.5 Å². The molecule has 0 bridgehead atoms. The number of anilines is 1. The van der Waals surface area contributed by atoms with Crippen molar-refractivity contribution in [1.82, 2.24) is 0 Å². The lowest BCUT2D eigenvalue weighted by molar-refractivity contribution is 0.0736. The van der Waals surface area contributed by atoms with Crippen LogP contribution in [-0.2, 0) is 6.42 Å². The third-order valence-corrected chi connectivity index (χ3v) is 4.13. The second kappa shape index (κ2) is 9.76. The van der Waals surface area contributed by atoms with Crippen LogP contribution in [0, 0.1) is 0 Å². The molecule has 0 amide bonds. The molecule has 2 aromatic rings. The number of para-hydroxylation sites is 1. The van der Waals surface area contributed by atoms with Gasteiger partial charge < -0.3 is 10.5 Å². The Morgan fingerprint density at radius 3 is 2.29 bits per heavy atom. The SMILES string of the molecule is CCCCCCCCc1ccc(OC(=O)c2ccccc2N)cc1. The second-order valence-corrected chi connectivity index (χ2v) is 6.14. The van der Waals surface area contributed by atoms with E-state index >= 15 is 0 Å². The fourth-order valence-electron chi connectivity index (χ4n) is 2.68. The number of hydrogen-bond donors (Lipinski definition) is 1. The van der Waals surface area contributed by atoms with Crippen LogP contribution in [0.5, 0.6) is 5.75 Å². The molecule has 0 unspecified atom stereocenters. The highest BCUT2D eigenvalue weighted by Crippen LogP contribution is 2.18. The molecule has 24 heavy (non-hydrogen) atoms. The molecule has 0 fully saturated rings. The van der Waals surface area contributed by atoms with E-state index in [1.54, 1.807) is 24.3 Å². The molecule has 2 N–H and O–H groups in total. The van der Waals surface area contributed by atoms with E-state index in [1.807, 2.05) is 24.3 Å². The van der Waals surface area contributed by atoms with E-state index in [0.29, 0.717) is 17.0 Å². The van der Waals surface area contributed by atoms with E-state index in [2.05, 4.69) is 6.92 Å². The maximum atomic E-state index is 12.1. The summed E-state index contributed by atoms with van der Waals surface area (Å²) in [6.45, 7) is 2.24. The molecular weight excluding hydrogens is 298 g/mol. The van der Waals surface area contributed by atoms with Crippen molar-refractivity contribution in [2.75, 3.05) is 5.73 Å². The number of rotatable bonds is 9. The minimum absolute atomic E-state index is 0.397. The molecule has 0 aliphatic heterocycles. The lowest BCUT2D eigenvalue weighted by atomic mass is 10.0. The van der Waals surface area contributed by atoms with E-state index in [-0.39, 0.29) is 0 Å². The van der Waals surface area contributed by atoms with Gasteiger partial charge in [-0.15, -0.1) is 0 Å². The van der Waals surface area contributed by atoms with E-state index in [0.717, 1.165) is 6.42 Å². The number of ether oxygens (including phenoxy) is 1. The van der Waals surface area contributed by atoms with Gasteiger partial charge in [-0.2, -0.15) is 0 Å². The van der Waals surface area contributed by atoms with Crippen LogP contribution < -0.4 is 10.5 Å². The highest BCUT2D eigenvalue weighted by atomic mass is 16.5. The Labute approximate surface area is 144 Å². The summed E-state index contributed by atoms with van der Waals surface area (Å²) in [6, 6.07) is 14.7. The Kier molecular flexibility index (Phi) is 7.34. The Hall–Kier alpha value is -2.29. The molecule has 0 saturated carbocycles. The number of benzene rings is 2. The van der Waals surface area contributed by atoms with Gasteiger partial charge in [-0.25, -0.2) is 4.79 Å². The van der Waals surface area contributed by atoms with E-state index < -0.39 is 5.97 Å². The van der Waals surface area contributed by atoms with Gasteiger partial charge in [-0.05, 0) is 42.7 Å². The standard InChI is InChI=1S/C21H27NO2/c1-2-3-4-5-6-7-10-17-13-15-18(16-14-17)24-21(23)19-11-8-9-12-20(19)22/h8-9,11-16H,2-7,10,22H2,1H3. The minimum Gasteiger partial charge on any atom is -0.423 e. The number of esters is 1. The zero-order valence-corrected chi connectivity index (χ0v) is 14.5. The molecular formula is C21H27NO2. The first-order valence-electron chi connectivity index (χ1n) is 8.86. The molecule has 3 heteroatoms. The van der Waals surface area contributed by atoms with Crippen LogP contribution in [0.3, 0.4) is 0 Å². The topological polar surface area (TPSA) is 52.3 Å². The van der Waals surface area contributed by atoms with E-state index in [9.17, 15) is 4.79 Å². The lowest BCUT2D eigenvalue weighted by Gasteiger charge is -2.07. The molecule has 0 radical (unpaired) electrons. The largest absolute Gasteiger partial charge is 0.423 e. The summed E-state index contributed by atoms with van der Waals surface area (Å²) in [4.78, 5) is 12.1. The molecule has 0 aliphatic rings. The fraction of sp³-hybridized carbons (Fsp3) is 0.381. The smallest absolute Gasteiger partial charge is 0.345 e. The van der Waals surface area contributed by atoms with E-state index in [1.165, 1.54) is 44.1 Å². The van der Waals surface area contributed by atoms with Crippen LogP contribution in [-0.4, -0.2) is 5.97 Å². The number of unbranched alkanes of at least 4 members (excludes halogenated alkanes) is 5. The van der Waals surface area contributed by atoms with Crippen molar-refractivity contribution < 1.29 is 9.53 Å². The van der Waals surface area contributed by atoms with Crippen molar-refractivity contribution in [1.29, 1.82) is 0 Å². The summed E-state index contributed by atoms with van der Waals surface area (Å²) in [7, 11) is 0. The van der Waals surface area contributed by atoms with Gasteiger partial charge in [0.15, 0.2) is 0 Å². The summed E-state index contributed by atoms with van der Waals surface area (Å²) in [6.07, 6.45) is 8.86. The molecule has 2 rings (SSSR count). The molecule has 0 heterocycles. The first-order valence-corrected chi connectivity index (χ1v) is 8.86. The summed E-state index contributed by atoms with van der Waals surface area (Å²) in [5.41, 5.74) is 7.91. The Bertz CT molecular complexity index is 635. The highest BCUT2D eigenvalue weighted by molar-refractivity contribution is 5.96. The lowest BCUT2D eigenvalue weighted by Crippen LogP contribution is -2.10. The maximum Gasteiger partial charge on any atom is 0.345 e. The normalized spacial score (nSPS) is 10.5. The second-order valence-electron chi connectivity index (χ2n) is 6.14. The summed E-state index contributed by atoms with van der Waals surface area (Å²) >= 11 is 0. The number of carbonyl (C=O) groups is 1. The average Bonchev–Trinajstić information content (AvgIpc) is 2.59. The van der Waals surface area contributed by atoms with Gasteiger partial charge in [-0.1, -0.05) is 63.3 Å². The van der Waals surface area contributed by atoms with Crippen molar-refractivity contribution in [2.24, 2.45) is 0 Å². The fourth-order valence-corrected chi connectivity index (χ4v) is 2.68. The van der Waals surface area contributed by atoms with Crippen LogP contribution in [0.4, 0.5) is 5.69 Å². The van der Waals surface area contributed by atoms with Gasteiger partial charge in [0.1, 0.15) is 5.75 Å². The quantitative estimate of drug-likeness (QED) is 0.291. The van der Waals surface area contributed by atoms with Gasteiger partial charge in [-0.3, -0.25) is 0 Å². The summed E-state index contributed by atoms with van der Waals surface area (Å²) in [5, 5.41) is 0. The predicted molar refractivity (Wildman–Crippen MR) is 99.3 cm³/mol. The van der Waals surface area contributed by atoms with Crippen molar-refractivity contribution in [3.05, 3.63) is 59.7 Å². The van der Waals surface area contributed by atoms with Gasteiger partial charge in [0.25, 0.3) is 0 Å². The molecule has 3 nitrogen and oxygen atoms in total. The van der Waals surface area contributed by atoms with Gasteiger partial charge >= 0.3 is 5.97 Å². The van der Waals surface area contributed by atoms with Crippen LogP contribution in [0.25, 0.3) is 0 Å². The Morgan fingerprint density at radius 1 is 0.917 bits per heavy atom. The monoisotopic (exact) mass is 325 g/mol. The van der Waals surface area contributed by atoms with Crippen molar-refractivity contribution >= 4 is 11.7 Å². The van der Waals surface area contributed by atoms with Gasteiger partial charge in [0.05, 0.1) is 5.56 Å². The van der Waals surface area contributed by atoms with Crippen molar-refractivity contribution in [3.63, 3.8) is 0 Å². The summed E-state index contributed by atoms with van der Waals surface area (Å²) in [5.74, 6) is 0.131. The molecule has 0 spiro atoms. The first-order chi connectivity index (χ1) is 11.7. The number of nitrogen functional groups attached to an aromatic ring is 1. The predicted octanol–water partition coefficient (Wildman–Crippen LogP) is 5.39. The zero-order chi connectivity index (χ0) is 17.2. The Morgan fingerprint density at radius 2 is 1.58 bits per heavy atom. The van der Waals surface area contributed by atoms with Gasteiger partial charge in [0, 0.05) is 5.69 Å². The molecule has 0 aromatic heterocycles. The molecule has 0 aliphatic carbocycles. The third kappa shape index (κ3) is 5.73. The maximum absolute atomic E-state index is 12.1. The van der Waals surface area contributed by atoms with Crippen LogP contribution in [0.1, 0.15) is 61.4 Å². The molecule has 2 aromatic carbocycles. The van der Waals surface area contributed by atoms with E-state index in [4.69, 9.17) is 10.5 Å². The minimum atomic E-state index is -0.420. The highest BCUT2D eigenvalue weighted by Gasteiger charge is 2.11. The number of hydrogen-bond acceptors (Lipinski definition) is 3. The number of nitrogens with two attached hydrogens (primary N) is 1. The molecule has 0 atom stereocenters. The van der Waals surface area contributed by atoms with Crippen molar-refractivity contribution in [2.45, 2.75) is 51.9 Å². The van der Waals surface area contributed by atoms with Gasteiger partial charge in [0.2, 0.25) is 0 Å². The third-order valence-electron chi connectivity index (χ3n) is 4.13. The van der Waals surface area contributed by atoms with Crippen molar-refractivity contribution in [3.8, 4) is 5.75 Å². The summed E-state index contributed by atoms with van der Waals surface area (Å²) < 4.78 is 5.39. The molecule has 128 valence electrons. The first kappa shape index (κ1) is 18.1. The average molecular weight is 325 g/mol.